The molecule has 0 spiro atoms. The lowest BCUT2D eigenvalue weighted by molar-refractivity contribution is -0.149. The van der Waals surface area contributed by atoms with Crippen molar-refractivity contribution in [2.24, 2.45) is 5.41 Å². The van der Waals surface area contributed by atoms with E-state index in [4.69, 9.17) is 4.98 Å². The summed E-state index contributed by atoms with van der Waals surface area (Å²) in [5, 5.41) is 22.9. The van der Waals surface area contributed by atoms with Crippen LogP contribution in [0.1, 0.15) is 42.8 Å². The van der Waals surface area contributed by atoms with Crippen LogP contribution in [0, 0.1) is 23.7 Å². The molecule has 0 aliphatic carbocycles. The highest BCUT2D eigenvalue weighted by Crippen LogP contribution is 2.38. The van der Waals surface area contributed by atoms with Crippen molar-refractivity contribution < 1.29 is 14.7 Å². The van der Waals surface area contributed by atoms with E-state index in [2.05, 4.69) is 26.3 Å². The first-order valence-electron chi connectivity index (χ1n) is 13.1. The summed E-state index contributed by atoms with van der Waals surface area (Å²) in [5.41, 5.74) is 4.23. The maximum Gasteiger partial charge on any atom is 0.309 e. The number of carboxylic acids is 1. The van der Waals surface area contributed by atoms with E-state index >= 15 is 0 Å². The number of hydrogen-bond donors (Lipinski definition) is 2. The Kier molecular flexibility index (Phi) is 7.45. The number of nitrogens with one attached hydrogen (secondary N) is 1. The molecule has 3 aromatic heterocycles. The number of piperidine rings is 1. The highest BCUT2D eigenvalue weighted by molar-refractivity contribution is 7.19. The van der Waals surface area contributed by atoms with E-state index in [-0.39, 0.29) is 12.3 Å². The van der Waals surface area contributed by atoms with Crippen molar-refractivity contribution in [3.8, 4) is 28.5 Å². The third kappa shape index (κ3) is 5.35. The maximum atomic E-state index is 12.3. The van der Waals surface area contributed by atoms with Crippen molar-refractivity contribution in [2.45, 2.75) is 40.0 Å². The summed E-state index contributed by atoms with van der Waals surface area (Å²) in [6.07, 6.45) is 6.45. The van der Waals surface area contributed by atoms with Gasteiger partial charge < -0.3 is 15.3 Å². The lowest BCUT2D eigenvalue weighted by Gasteiger charge is -2.36. The Morgan fingerprint density at radius 2 is 1.85 bits per heavy atom. The smallest absolute Gasteiger partial charge is 0.309 e. The number of aliphatic carboxylic acids is 1. The standard InChI is InChI=1S/C29H29N7O3S/c1-4-31-23(37)12-24-35-22-11-18(10-21(26(22)40-24)25-19(13-30)9-17(2)14-32-25)20-15-33-28(34-16-20)36-7-5-29(3,6-8-36)27(38)39/h9-11,14-16H,4-8,12H2,1-3H3,(H,31,37)(H,38,39). The average Bonchev–Trinajstić information content (AvgIpc) is 3.35. The van der Waals surface area contributed by atoms with Gasteiger partial charge in [-0.15, -0.1) is 11.3 Å². The van der Waals surface area contributed by atoms with E-state index in [0.29, 0.717) is 60.2 Å². The Morgan fingerprint density at radius 1 is 1.12 bits per heavy atom. The highest BCUT2D eigenvalue weighted by atomic mass is 32.1. The SMILES string of the molecule is CCNC(=O)Cc1nc2cc(-c3cnc(N4CCC(C)(C(=O)O)CC4)nc3)cc(-c3ncc(C)cc3C#N)c2s1. The van der Waals surface area contributed by atoms with Gasteiger partial charge in [-0.3, -0.25) is 14.6 Å². The molecule has 1 aromatic carbocycles. The zero-order chi connectivity index (χ0) is 28.4. The van der Waals surface area contributed by atoms with E-state index in [1.54, 1.807) is 25.5 Å². The fourth-order valence-electron chi connectivity index (χ4n) is 4.81. The number of benzene rings is 1. The summed E-state index contributed by atoms with van der Waals surface area (Å²) < 4.78 is 0.850. The van der Waals surface area contributed by atoms with Gasteiger partial charge in [0.2, 0.25) is 11.9 Å². The number of carbonyl (C=O) groups excluding carboxylic acids is 1. The third-order valence-corrected chi connectivity index (χ3v) is 8.36. The number of rotatable bonds is 7. The molecule has 1 aliphatic heterocycles. The van der Waals surface area contributed by atoms with Gasteiger partial charge in [-0.25, -0.2) is 15.0 Å². The quantitative estimate of drug-likeness (QED) is 0.340. The van der Waals surface area contributed by atoms with Crippen molar-refractivity contribution in [2.75, 3.05) is 24.5 Å². The molecule has 2 N–H and O–H groups in total. The molecule has 0 atom stereocenters. The predicted octanol–water partition coefficient (Wildman–Crippen LogP) is 4.37. The number of fused-ring (bicyclic) bond motifs is 1. The zero-order valence-corrected chi connectivity index (χ0v) is 23.4. The number of nitriles is 1. The second kappa shape index (κ2) is 11.0. The number of anilines is 1. The van der Waals surface area contributed by atoms with Crippen molar-refractivity contribution >= 4 is 39.4 Å². The average molecular weight is 556 g/mol. The molecule has 1 fully saturated rings. The van der Waals surface area contributed by atoms with E-state index in [1.165, 1.54) is 11.3 Å². The number of aromatic nitrogens is 4. The van der Waals surface area contributed by atoms with Crippen molar-refractivity contribution in [3.05, 3.63) is 52.9 Å². The first-order valence-corrected chi connectivity index (χ1v) is 13.9. The molecule has 4 aromatic rings. The fourth-order valence-corrected chi connectivity index (χ4v) is 5.87. The van der Waals surface area contributed by atoms with Gasteiger partial charge in [-0.2, -0.15) is 5.26 Å². The molecule has 4 heterocycles. The van der Waals surface area contributed by atoms with Crippen LogP contribution in [0.3, 0.4) is 0 Å². The summed E-state index contributed by atoms with van der Waals surface area (Å²) in [5.74, 6) is -0.310. The first kappa shape index (κ1) is 27.1. The van der Waals surface area contributed by atoms with E-state index in [9.17, 15) is 20.0 Å². The lowest BCUT2D eigenvalue weighted by Crippen LogP contribution is -2.43. The van der Waals surface area contributed by atoms with Gasteiger partial charge in [-0.05, 0) is 62.9 Å². The number of pyridine rings is 1. The second-order valence-corrected chi connectivity index (χ2v) is 11.3. The normalized spacial score (nSPS) is 14.6. The van der Waals surface area contributed by atoms with Crippen LogP contribution in [-0.2, 0) is 16.0 Å². The molecule has 0 saturated carbocycles. The highest BCUT2D eigenvalue weighted by Gasteiger charge is 2.37. The van der Waals surface area contributed by atoms with Crippen LogP contribution in [0.5, 0.6) is 0 Å². The van der Waals surface area contributed by atoms with Crippen LogP contribution >= 0.6 is 11.3 Å². The fraction of sp³-hybridized carbons (Fsp3) is 0.345. The van der Waals surface area contributed by atoms with Crippen LogP contribution in [0.2, 0.25) is 0 Å². The van der Waals surface area contributed by atoms with E-state index in [1.807, 2.05) is 36.9 Å². The van der Waals surface area contributed by atoms with Gasteiger partial charge >= 0.3 is 5.97 Å². The molecule has 0 bridgehead atoms. The molecule has 1 aliphatic rings. The molecule has 1 amide bonds. The Balaban J connectivity index is 1.52. The zero-order valence-electron chi connectivity index (χ0n) is 22.6. The third-order valence-electron chi connectivity index (χ3n) is 7.26. The monoisotopic (exact) mass is 555 g/mol. The first-order chi connectivity index (χ1) is 19.2. The summed E-state index contributed by atoms with van der Waals surface area (Å²) in [7, 11) is 0. The Labute approximate surface area is 235 Å². The Bertz CT molecular complexity index is 1630. The largest absolute Gasteiger partial charge is 0.481 e. The molecule has 0 unspecified atom stereocenters. The molecule has 204 valence electrons. The van der Waals surface area contributed by atoms with Crippen molar-refractivity contribution in [3.63, 3.8) is 0 Å². The van der Waals surface area contributed by atoms with Crippen LogP contribution in [0.4, 0.5) is 5.95 Å². The van der Waals surface area contributed by atoms with Crippen molar-refractivity contribution in [1.29, 1.82) is 5.26 Å². The predicted molar refractivity (Wildman–Crippen MR) is 153 cm³/mol. The van der Waals surface area contributed by atoms with Gasteiger partial charge in [-0.1, -0.05) is 0 Å². The van der Waals surface area contributed by atoms with Gasteiger partial charge in [0.1, 0.15) is 11.1 Å². The second-order valence-electron chi connectivity index (χ2n) is 10.3. The Hall–Kier alpha value is -4.43. The summed E-state index contributed by atoms with van der Waals surface area (Å²) >= 11 is 1.42. The summed E-state index contributed by atoms with van der Waals surface area (Å²) in [6, 6.07) is 7.97. The number of carboxylic acid groups (broad SMARTS) is 1. The minimum absolute atomic E-state index is 0.0973. The molecule has 0 radical (unpaired) electrons. The number of thiazole rings is 1. The molecule has 40 heavy (non-hydrogen) atoms. The van der Waals surface area contributed by atoms with Crippen molar-refractivity contribution in [1.82, 2.24) is 25.3 Å². The number of amides is 1. The molecule has 10 nitrogen and oxygen atoms in total. The van der Waals surface area contributed by atoms with Gasteiger partial charge in [0.15, 0.2) is 0 Å². The topological polar surface area (TPSA) is 145 Å². The molecular formula is C29H29N7O3S. The van der Waals surface area contributed by atoms with Crippen LogP contribution in [0.15, 0.2) is 36.8 Å². The minimum Gasteiger partial charge on any atom is -0.481 e. The maximum absolute atomic E-state index is 12.3. The number of nitrogens with zero attached hydrogens (tertiary/aromatic N) is 6. The molecule has 11 heteroatoms. The van der Waals surface area contributed by atoms with E-state index in [0.717, 1.165) is 27.0 Å². The lowest BCUT2D eigenvalue weighted by atomic mass is 9.80. The van der Waals surface area contributed by atoms with Crippen LogP contribution < -0.4 is 10.2 Å². The number of carbonyl (C=O) groups is 2. The number of aryl methyl sites for hydroxylation is 1. The van der Waals surface area contributed by atoms with Crippen LogP contribution in [-0.4, -0.2) is 56.6 Å². The Morgan fingerprint density at radius 3 is 2.50 bits per heavy atom. The molecule has 5 rings (SSSR count). The van der Waals surface area contributed by atoms with Gasteiger partial charge in [0.05, 0.1) is 33.3 Å². The van der Waals surface area contributed by atoms with Crippen LogP contribution in [0.25, 0.3) is 32.6 Å². The van der Waals surface area contributed by atoms with Gasteiger partial charge in [0.25, 0.3) is 0 Å². The number of likely N-dealkylation sites (N-methyl/N-ethyl adjacent to an activating group) is 1. The number of hydrogen-bond acceptors (Lipinski definition) is 9. The minimum atomic E-state index is -0.770. The summed E-state index contributed by atoms with van der Waals surface area (Å²) in [4.78, 5) is 44.4. The molecular weight excluding hydrogens is 526 g/mol. The summed E-state index contributed by atoms with van der Waals surface area (Å²) in [6.45, 7) is 7.24. The molecule has 1 saturated heterocycles. The van der Waals surface area contributed by atoms with Gasteiger partial charge in [0, 0.05) is 49.4 Å². The van der Waals surface area contributed by atoms with E-state index < -0.39 is 11.4 Å².